The van der Waals surface area contributed by atoms with Crippen molar-refractivity contribution in [1.29, 1.82) is 0 Å². The largest absolute Gasteiger partial charge is 0.490 e. The summed E-state index contributed by atoms with van der Waals surface area (Å²) >= 11 is 0. The van der Waals surface area contributed by atoms with Crippen LogP contribution in [0.2, 0.25) is 0 Å². The fraction of sp³-hybridized carbons (Fsp3) is 0.391. The van der Waals surface area contributed by atoms with Crippen LogP contribution >= 0.6 is 0 Å². The zero-order chi connectivity index (χ0) is 19.5. The van der Waals surface area contributed by atoms with Gasteiger partial charge in [-0.2, -0.15) is 0 Å². The van der Waals surface area contributed by atoms with E-state index in [1.165, 1.54) is 16.8 Å². The molecule has 1 fully saturated rings. The van der Waals surface area contributed by atoms with Crippen LogP contribution in [0.5, 0.6) is 5.75 Å². The van der Waals surface area contributed by atoms with Crippen molar-refractivity contribution in [2.24, 2.45) is 0 Å². The summed E-state index contributed by atoms with van der Waals surface area (Å²) in [5, 5.41) is 11.5. The maximum Gasteiger partial charge on any atom is 0.128 e. The number of piperazine rings is 1. The minimum absolute atomic E-state index is 0.307. The van der Waals surface area contributed by atoms with Crippen LogP contribution in [0.15, 0.2) is 48.7 Å². The smallest absolute Gasteiger partial charge is 0.128 e. The summed E-state index contributed by atoms with van der Waals surface area (Å²) in [5.41, 5.74) is 5.09. The van der Waals surface area contributed by atoms with Crippen molar-refractivity contribution in [2.45, 2.75) is 20.0 Å². The van der Waals surface area contributed by atoms with Crippen molar-refractivity contribution < 1.29 is 9.84 Å². The zero-order valence-corrected chi connectivity index (χ0v) is 16.7. The predicted molar refractivity (Wildman–Crippen MR) is 114 cm³/mol. The summed E-state index contributed by atoms with van der Waals surface area (Å²) in [6.07, 6.45) is 1.41. The molecule has 1 atom stereocenters. The second kappa shape index (κ2) is 8.25. The number of rotatable bonds is 6. The third-order valence-corrected chi connectivity index (χ3v) is 5.58. The molecular weight excluding hydrogens is 350 g/mol. The molecular formula is C23H29N3O2. The number of aromatic amines is 1. The molecule has 3 aromatic rings. The second-order valence-corrected chi connectivity index (χ2v) is 7.69. The first-order valence-electron chi connectivity index (χ1n) is 10.0. The molecule has 0 aliphatic carbocycles. The SMILES string of the molecule is Cc1cccc(C)c1N1CCN(C[C@H](O)COc2cccc3[nH]ccc23)CC1. The third kappa shape index (κ3) is 4.01. The fourth-order valence-electron chi connectivity index (χ4n) is 4.18. The molecule has 1 saturated heterocycles. The van der Waals surface area contributed by atoms with Crippen LogP contribution in [-0.2, 0) is 0 Å². The molecule has 2 heterocycles. The number of aliphatic hydroxyl groups excluding tert-OH is 1. The number of para-hydroxylation sites is 1. The molecule has 0 saturated carbocycles. The zero-order valence-electron chi connectivity index (χ0n) is 16.7. The number of β-amino-alcohol motifs (C(OH)–C–C–N with tert-alkyl or cyclic N) is 1. The van der Waals surface area contributed by atoms with Gasteiger partial charge in [-0.05, 0) is 43.2 Å². The van der Waals surface area contributed by atoms with E-state index in [2.05, 4.69) is 46.8 Å². The number of benzene rings is 2. The van der Waals surface area contributed by atoms with Crippen LogP contribution < -0.4 is 9.64 Å². The monoisotopic (exact) mass is 379 g/mol. The summed E-state index contributed by atoms with van der Waals surface area (Å²) in [6.45, 7) is 9.20. The Labute approximate surface area is 166 Å². The molecule has 148 valence electrons. The summed E-state index contributed by atoms with van der Waals surface area (Å²) in [6, 6.07) is 14.4. The molecule has 1 aliphatic heterocycles. The molecule has 28 heavy (non-hydrogen) atoms. The van der Waals surface area contributed by atoms with Crippen molar-refractivity contribution in [3.8, 4) is 5.75 Å². The molecule has 5 heteroatoms. The van der Waals surface area contributed by atoms with Gasteiger partial charge in [0.1, 0.15) is 18.5 Å². The van der Waals surface area contributed by atoms with Gasteiger partial charge in [-0.15, -0.1) is 0 Å². The Kier molecular flexibility index (Phi) is 5.55. The van der Waals surface area contributed by atoms with E-state index < -0.39 is 6.10 Å². The van der Waals surface area contributed by atoms with E-state index in [-0.39, 0.29) is 0 Å². The number of aromatic nitrogens is 1. The van der Waals surface area contributed by atoms with Crippen LogP contribution in [0.4, 0.5) is 5.69 Å². The van der Waals surface area contributed by atoms with Gasteiger partial charge in [0.2, 0.25) is 0 Å². The van der Waals surface area contributed by atoms with Gasteiger partial charge in [0.05, 0.1) is 0 Å². The molecule has 5 nitrogen and oxygen atoms in total. The standard InChI is InChI=1S/C23H29N3O2/c1-17-5-3-6-18(2)23(17)26-13-11-25(12-14-26)15-19(27)16-28-22-8-4-7-21-20(22)9-10-24-21/h3-10,19,24,27H,11-16H2,1-2H3/t19-/m0/s1. The number of ether oxygens (including phenoxy) is 1. The van der Waals surface area contributed by atoms with Crippen molar-refractivity contribution in [2.75, 3.05) is 44.2 Å². The van der Waals surface area contributed by atoms with E-state index in [0.29, 0.717) is 13.2 Å². The average molecular weight is 380 g/mol. The molecule has 1 aromatic heterocycles. The van der Waals surface area contributed by atoms with Crippen molar-refractivity contribution in [1.82, 2.24) is 9.88 Å². The van der Waals surface area contributed by atoms with Gasteiger partial charge in [-0.3, -0.25) is 4.90 Å². The second-order valence-electron chi connectivity index (χ2n) is 7.69. The highest BCUT2D eigenvalue weighted by molar-refractivity contribution is 5.85. The minimum atomic E-state index is -0.499. The highest BCUT2D eigenvalue weighted by atomic mass is 16.5. The lowest BCUT2D eigenvalue weighted by molar-refractivity contribution is 0.0668. The minimum Gasteiger partial charge on any atom is -0.490 e. The van der Waals surface area contributed by atoms with Crippen molar-refractivity contribution >= 4 is 16.6 Å². The Morgan fingerprint density at radius 3 is 2.46 bits per heavy atom. The predicted octanol–water partition coefficient (Wildman–Crippen LogP) is 3.35. The lowest BCUT2D eigenvalue weighted by atomic mass is 10.1. The van der Waals surface area contributed by atoms with Gasteiger partial charge in [0.25, 0.3) is 0 Å². The molecule has 2 N–H and O–H groups in total. The first-order chi connectivity index (χ1) is 13.6. The highest BCUT2D eigenvalue weighted by Gasteiger charge is 2.21. The van der Waals surface area contributed by atoms with Crippen LogP contribution in [0.3, 0.4) is 0 Å². The molecule has 2 aromatic carbocycles. The lowest BCUT2D eigenvalue weighted by Gasteiger charge is -2.38. The van der Waals surface area contributed by atoms with Gasteiger partial charge < -0.3 is 19.7 Å². The van der Waals surface area contributed by atoms with E-state index in [1.54, 1.807) is 0 Å². The summed E-state index contributed by atoms with van der Waals surface area (Å²) in [5.74, 6) is 0.817. The molecule has 1 aliphatic rings. The van der Waals surface area contributed by atoms with Crippen molar-refractivity contribution in [3.05, 3.63) is 59.8 Å². The van der Waals surface area contributed by atoms with Gasteiger partial charge in [-0.1, -0.05) is 24.3 Å². The van der Waals surface area contributed by atoms with E-state index >= 15 is 0 Å². The normalized spacial score (nSPS) is 16.5. The molecule has 0 spiro atoms. The number of nitrogens with one attached hydrogen (secondary N) is 1. The average Bonchev–Trinajstić information content (AvgIpc) is 3.17. The molecule has 0 radical (unpaired) electrons. The molecule has 0 bridgehead atoms. The number of anilines is 1. The first kappa shape index (κ1) is 18.8. The highest BCUT2D eigenvalue weighted by Crippen LogP contribution is 2.26. The van der Waals surface area contributed by atoms with Gasteiger partial charge in [0, 0.05) is 55.5 Å². The quantitative estimate of drug-likeness (QED) is 0.690. The summed E-state index contributed by atoms with van der Waals surface area (Å²) < 4.78 is 5.90. The number of nitrogens with zero attached hydrogens (tertiary/aromatic N) is 2. The first-order valence-corrected chi connectivity index (χ1v) is 10.0. The molecule has 0 amide bonds. The number of H-pyrrole nitrogens is 1. The fourth-order valence-corrected chi connectivity index (χ4v) is 4.18. The van der Waals surface area contributed by atoms with Crippen LogP contribution in [-0.4, -0.2) is 60.4 Å². The number of fused-ring (bicyclic) bond motifs is 1. The van der Waals surface area contributed by atoms with E-state index in [9.17, 15) is 5.11 Å². The van der Waals surface area contributed by atoms with Gasteiger partial charge in [-0.25, -0.2) is 0 Å². The van der Waals surface area contributed by atoms with Gasteiger partial charge >= 0.3 is 0 Å². The molecule has 0 unspecified atom stereocenters. The Morgan fingerprint density at radius 2 is 1.71 bits per heavy atom. The summed E-state index contributed by atoms with van der Waals surface area (Å²) in [4.78, 5) is 7.98. The third-order valence-electron chi connectivity index (χ3n) is 5.58. The number of hydrogen-bond acceptors (Lipinski definition) is 4. The maximum atomic E-state index is 10.5. The van der Waals surface area contributed by atoms with E-state index in [0.717, 1.165) is 42.8 Å². The number of hydrogen-bond donors (Lipinski definition) is 2. The van der Waals surface area contributed by atoms with Crippen molar-refractivity contribution in [3.63, 3.8) is 0 Å². The van der Waals surface area contributed by atoms with E-state index in [4.69, 9.17) is 4.74 Å². The topological polar surface area (TPSA) is 51.7 Å². The van der Waals surface area contributed by atoms with E-state index in [1.807, 2.05) is 30.5 Å². The Hall–Kier alpha value is -2.50. The Bertz CT molecular complexity index is 908. The lowest BCUT2D eigenvalue weighted by Crippen LogP contribution is -2.49. The van der Waals surface area contributed by atoms with Crippen LogP contribution in [0.1, 0.15) is 11.1 Å². The van der Waals surface area contributed by atoms with Crippen LogP contribution in [0.25, 0.3) is 10.9 Å². The number of aryl methyl sites for hydroxylation is 2. The number of aliphatic hydroxyl groups is 1. The van der Waals surface area contributed by atoms with Gasteiger partial charge in [0.15, 0.2) is 0 Å². The van der Waals surface area contributed by atoms with Crippen LogP contribution in [0, 0.1) is 13.8 Å². The molecule has 4 rings (SSSR count). The maximum absolute atomic E-state index is 10.5. The summed E-state index contributed by atoms with van der Waals surface area (Å²) in [7, 11) is 0. The Balaban J connectivity index is 1.28. The Morgan fingerprint density at radius 1 is 1.00 bits per heavy atom.